The van der Waals surface area contributed by atoms with Crippen molar-refractivity contribution in [1.29, 1.82) is 0 Å². The van der Waals surface area contributed by atoms with Gasteiger partial charge in [-0.25, -0.2) is 9.50 Å². The Labute approximate surface area is 211 Å². The zero-order valence-electron chi connectivity index (χ0n) is 21.2. The molecule has 0 saturated heterocycles. The fourth-order valence-corrected chi connectivity index (χ4v) is 5.57. The lowest BCUT2D eigenvalue weighted by Crippen LogP contribution is -2.42. The molecule has 35 heavy (non-hydrogen) atoms. The summed E-state index contributed by atoms with van der Waals surface area (Å²) in [5, 5.41) is 6.45. The lowest BCUT2D eigenvalue weighted by atomic mass is 9.89. The molecule has 1 aliphatic rings. The average Bonchev–Trinajstić information content (AvgIpc) is 3.30. The standard InChI is InChI=1S/C26H35ClN6O2/c1-6-32(20-9-7-19(8-10-20)31(4)5)23-12-18(27)11-21(16(23)2)26(35)28-14-22-17(3)33-25(13-24(22)34)29-15-30-33/h11-13,15,19-20H,6-10,14H2,1-5H3,(H,28,35)(H,29,30)/t19-,20-. The molecule has 1 aliphatic carbocycles. The molecule has 0 atom stereocenters. The van der Waals surface area contributed by atoms with Gasteiger partial charge in [-0.3, -0.25) is 14.7 Å². The number of hydrogen-bond donors (Lipinski definition) is 2. The van der Waals surface area contributed by atoms with Crippen LogP contribution in [-0.2, 0) is 6.54 Å². The summed E-state index contributed by atoms with van der Waals surface area (Å²) in [6.45, 7) is 6.94. The molecule has 4 rings (SSSR count). The fraction of sp³-hybridized carbons (Fsp3) is 0.500. The van der Waals surface area contributed by atoms with E-state index in [0.29, 0.717) is 33.9 Å². The van der Waals surface area contributed by atoms with E-state index in [1.165, 1.54) is 12.4 Å². The second-order valence-corrected chi connectivity index (χ2v) is 10.1. The van der Waals surface area contributed by atoms with E-state index in [9.17, 15) is 9.59 Å². The van der Waals surface area contributed by atoms with Crippen LogP contribution in [-0.4, -0.2) is 58.1 Å². The number of rotatable bonds is 7. The topological polar surface area (TPSA) is 85.7 Å². The Hall–Kier alpha value is -2.84. The third-order valence-corrected chi connectivity index (χ3v) is 7.66. The van der Waals surface area contributed by atoms with Crippen LogP contribution in [0.1, 0.15) is 59.8 Å². The number of pyridine rings is 1. The zero-order valence-corrected chi connectivity index (χ0v) is 21.9. The highest BCUT2D eigenvalue weighted by atomic mass is 35.5. The first kappa shape index (κ1) is 25.3. The Morgan fingerprint density at radius 1 is 1.17 bits per heavy atom. The number of aryl methyl sites for hydroxylation is 1. The van der Waals surface area contributed by atoms with Gasteiger partial charge in [0.25, 0.3) is 5.91 Å². The second kappa shape index (κ2) is 10.4. The van der Waals surface area contributed by atoms with Crippen molar-refractivity contribution in [3.63, 3.8) is 0 Å². The minimum Gasteiger partial charge on any atom is -0.369 e. The maximum atomic E-state index is 13.3. The van der Waals surface area contributed by atoms with E-state index in [4.69, 9.17) is 11.6 Å². The predicted molar refractivity (Wildman–Crippen MR) is 141 cm³/mol. The smallest absolute Gasteiger partial charge is 0.251 e. The molecule has 2 aromatic heterocycles. The van der Waals surface area contributed by atoms with Crippen molar-refractivity contribution in [2.75, 3.05) is 25.5 Å². The number of benzene rings is 1. The molecule has 0 aliphatic heterocycles. The van der Waals surface area contributed by atoms with E-state index in [0.717, 1.165) is 49.2 Å². The maximum absolute atomic E-state index is 13.3. The molecule has 1 amide bonds. The SMILES string of the molecule is CCN(c1cc(Cl)cc(C(=O)NCc2c(C)n3[nH]cnc3cc2=O)c1C)[C@H]1CC[C@H](N(C)C)CC1. The highest BCUT2D eigenvalue weighted by molar-refractivity contribution is 6.31. The van der Waals surface area contributed by atoms with Crippen LogP contribution in [0.4, 0.5) is 5.69 Å². The molecule has 1 fully saturated rings. The minimum absolute atomic E-state index is 0.124. The molecule has 3 aromatic rings. The van der Waals surface area contributed by atoms with Crippen LogP contribution in [0.25, 0.3) is 5.65 Å². The van der Waals surface area contributed by atoms with E-state index in [1.807, 2.05) is 19.9 Å². The van der Waals surface area contributed by atoms with Crippen molar-refractivity contribution in [1.82, 2.24) is 24.8 Å². The predicted octanol–water partition coefficient (Wildman–Crippen LogP) is 3.92. The van der Waals surface area contributed by atoms with E-state index >= 15 is 0 Å². The molecule has 1 aromatic carbocycles. The van der Waals surface area contributed by atoms with E-state index < -0.39 is 0 Å². The van der Waals surface area contributed by atoms with Crippen molar-refractivity contribution in [2.45, 2.75) is 65.1 Å². The number of fused-ring (bicyclic) bond motifs is 1. The van der Waals surface area contributed by atoms with Gasteiger partial charge in [0.2, 0.25) is 0 Å². The number of carbonyl (C=O) groups excluding carboxylic acids is 1. The average molecular weight is 499 g/mol. The maximum Gasteiger partial charge on any atom is 0.251 e. The Kier molecular flexibility index (Phi) is 7.52. The van der Waals surface area contributed by atoms with Crippen molar-refractivity contribution >= 4 is 28.8 Å². The molecule has 0 radical (unpaired) electrons. The first-order valence-corrected chi connectivity index (χ1v) is 12.6. The minimum atomic E-state index is -0.243. The Morgan fingerprint density at radius 2 is 1.86 bits per heavy atom. The molecule has 0 spiro atoms. The van der Waals surface area contributed by atoms with Gasteiger partial charge in [-0.05, 0) is 78.2 Å². The number of amides is 1. The highest BCUT2D eigenvalue weighted by Crippen LogP contribution is 2.34. The van der Waals surface area contributed by atoms with Gasteiger partial charge in [0.1, 0.15) is 6.33 Å². The van der Waals surface area contributed by atoms with Gasteiger partial charge in [-0.1, -0.05) is 11.6 Å². The van der Waals surface area contributed by atoms with E-state index in [2.05, 4.69) is 46.2 Å². The van der Waals surface area contributed by atoms with Gasteiger partial charge in [0.05, 0.1) is 0 Å². The number of aromatic nitrogens is 3. The quantitative estimate of drug-likeness (QED) is 0.515. The van der Waals surface area contributed by atoms with Gasteiger partial charge < -0.3 is 15.1 Å². The largest absolute Gasteiger partial charge is 0.369 e. The summed E-state index contributed by atoms with van der Waals surface area (Å²) in [6, 6.07) is 6.20. The lowest BCUT2D eigenvalue weighted by Gasteiger charge is -2.40. The van der Waals surface area contributed by atoms with Crippen LogP contribution in [0.3, 0.4) is 0 Å². The van der Waals surface area contributed by atoms with Crippen LogP contribution in [0.15, 0.2) is 29.3 Å². The van der Waals surface area contributed by atoms with Crippen LogP contribution < -0.4 is 15.6 Å². The molecule has 2 heterocycles. The van der Waals surface area contributed by atoms with Gasteiger partial charge in [-0.15, -0.1) is 0 Å². The number of nitrogens with zero attached hydrogens (tertiary/aromatic N) is 4. The van der Waals surface area contributed by atoms with Crippen LogP contribution in [0.2, 0.25) is 5.02 Å². The number of carbonyl (C=O) groups is 1. The summed E-state index contributed by atoms with van der Waals surface area (Å²) in [5.41, 5.74) is 4.09. The molecule has 0 bridgehead atoms. The second-order valence-electron chi connectivity index (χ2n) is 9.65. The third-order valence-electron chi connectivity index (χ3n) is 7.45. The monoisotopic (exact) mass is 498 g/mol. The molecule has 0 unspecified atom stereocenters. The van der Waals surface area contributed by atoms with Gasteiger partial charge in [0, 0.05) is 58.8 Å². The van der Waals surface area contributed by atoms with Crippen molar-refractivity contribution in [3.8, 4) is 0 Å². The van der Waals surface area contributed by atoms with Crippen LogP contribution >= 0.6 is 11.6 Å². The van der Waals surface area contributed by atoms with Gasteiger partial charge in [-0.2, -0.15) is 0 Å². The van der Waals surface area contributed by atoms with Gasteiger partial charge in [0.15, 0.2) is 11.1 Å². The van der Waals surface area contributed by atoms with Crippen LogP contribution in [0.5, 0.6) is 0 Å². The summed E-state index contributed by atoms with van der Waals surface area (Å²) in [4.78, 5) is 34.7. The lowest BCUT2D eigenvalue weighted by molar-refractivity contribution is 0.0950. The third kappa shape index (κ3) is 5.09. The summed E-state index contributed by atoms with van der Waals surface area (Å²) >= 11 is 6.51. The number of halogens is 1. The Morgan fingerprint density at radius 3 is 2.51 bits per heavy atom. The Bertz CT molecular complexity index is 1270. The number of hydrogen-bond acceptors (Lipinski definition) is 5. The van der Waals surface area contributed by atoms with E-state index in [1.54, 1.807) is 10.6 Å². The number of anilines is 1. The first-order valence-electron chi connectivity index (χ1n) is 12.3. The highest BCUT2D eigenvalue weighted by Gasteiger charge is 2.28. The molecule has 8 nitrogen and oxygen atoms in total. The molecule has 188 valence electrons. The van der Waals surface area contributed by atoms with E-state index in [-0.39, 0.29) is 17.9 Å². The molecular formula is C26H35ClN6O2. The van der Waals surface area contributed by atoms with Crippen molar-refractivity contribution in [2.24, 2.45) is 0 Å². The molecule has 9 heteroatoms. The van der Waals surface area contributed by atoms with Crippen LogP contribution in [0, 0.1) is 13.8 Å². The Balaban J connectivity index is 1.55. The zero-order chi connectivity index (χ0) is 25.3. The summed E-state index contributed by atoms with van der Waals surface area (Å²) in [7, 11) is 4.30. The summed E-state index contributed by atoms with van der Waals surface area (Å²) < 4.78 is 1.73. The molecule has 1 saturated carbocycles. The van der Waals surface area contributed by atoms with Crippen molar-refractivity contribution in [3.05, 3.63) is 62.2 Å². The fourth-order valence-electron chi connectivity index (χ4n) is 5.35. The molecular weight excluding hydrogens is 464 g/mol. The summed E-state index contributed by atoms with van der Waals surface area (Å²) in [6.07, 6.45) is 6.09. The normalized spacial score (nSPS) is 18.3. The first-order chi connectivity index (χ1) is 16.7. The van der Waals surface area contributed by atoms with Gasteiger partial charge >= 0.3 is 0 Å². The number of aromatic amines is 1. The summed E-state index contributed by atoms with van der Waals surface area (Å²) in [5.74, 6) is -0.243. The van der Waals surface area contributed by atoms with Crippen molar-refractivity contribution < 1.29 is 4.79 Å². The number of nitrogens with one attached hydrogen (secondary N) is 2. The molecule has 2 N–H and O–H groups in total. The number of H-pyrrole nitrogens is 1.